The third-order valence-electron chi connectivity index (χ3n) is 3.53. The number of hydrogen-bond donors (Lipinski definition) is 2. The molecule has 2 aliphatic rings. The van der Waals surface area contributed by atoms with E-state index in [1.54, 1.807) is 17.5 Å². The third-order valence-corrected chi connectivity index (χ3v) is 4.31. The predicted octanol–water partition coefficient (Wildman–Crippen LogP) is 0.900. The molecule has 1 aromatic heterocycles. The van der Waals surface area contributed by atoms with Crippen molar-refractivity contribution in [2.24, 2.45) is 5.92 Å². The van der Waals surface area contributed by atoms with Gasteiger partial charge in [-0.1, -0.05) is 0 Å². The molecule has 2 N–H and O–H groups in total. The summed E-state index contributed by atoms with van der Waals surface area (Å²) in [6.07, 6.45) is 5.17. The fourth-order valence-electron chi connectivity index (χ4n) is 2.75. The fraction of sp³-hybridized carbons (Fsp3) is 0.636. The molecule has 86 valence electrons. The zero-order chi connectivity index (χ0) is 11.0. The third kappa shape index (κ3) is 1.85. The van der Waals surface area contributed by atoms with E-state index in [1.807, 2.05) is 5.38 Å². The Morgan fingerprint density at radius 2 is 2.56 bits per heavy atom. The largest absolute Gasteiger partial charge is 0.349 e. The van der Waals surface area contributed by atoms with Crippen LogP contribution in [0.15, 0.2) is 11.6 Å². The summed E-state index contributed by atoms with van der Waals surface area (Å²) >= 11 is 1.58. The lowest BCUT2D eigenvalue weighted by atomic mass is 9.88. The van der Waals surface area contributed by atoms with Gasteiger partial charge in [-0.25, -0.2) is 4.98 Å². The van der Waals surface area contributed by atoms with E-state index in [0.717, 1.165) is 17.8 Å². The predicted molar refractivity (Wildman–Crippen MR) is 62.0 cm³/mol. The number of nitrogens with zero attached hydrogens (tertiary/aromatic N) is 1. The number of hydrogen-bond acceptors (Lipinski definition) is 4. The Kier molecular flexibility index (Phi) is 2.65. The molecule has 3 heterocycles. The Labute approximate surface area is 98.5 Å². The highest BCUT2D eigenvalue weighted by Gasteiger charge is 2.42. The molecule has 3 unspecified atom stereocenters. The first-order valence-corrected chi connectivity index (χ1v) is 6.63. The summed E-state index contributed by atoms with van der Waals surface area (Å²) in [6.45, 7) is 0.574. The number of thiazole rings is 1. The number of nitrogens with one attached hydrogen (secondary N) is 2. The van der Waals surface area contributed by atoms with Gasteiger partial charge in [0.15, 0.2) is 0 Å². The summed E-state index contributed by atoms with van der Waals surface area (Å²) in [5, 5.41) is 9.37. The highest BCUT2D eigenvalue weighted by Crippen LogP contribution is 2.33. The van der Waals surface area contributed by atoms with Crippen LogP contribution in [0.3, 0.4) is 0 Å². The Hall–Kier alpha value is -0.940. The van der Waals surface area contributed by atoms with Gasteiger partial charge in [0.05, 0.1) is 12.5 Å². The summed E-state index contributed by atoms with van der Waals surface area (Å²) in [6, 6.07) is 1.00. The van der Waals surface area contributed by atoms with Crippen LogP contribution in [0.2, 0.25) is 0 Å². The van der Waals surface area contributed by atoms with Gasteiger partial charge in [0.25, 0.3) is 0 Å². The summed E-state index contributed by atoms with van der Waals surface area (Å²) in [5.74, 6) is 0.369. The molecule has 2 aliphatic heterocycles. The van der Waals surface area contributed by atoms with E-state index < -0.39 is 0 Å². The zero-order valence-corrected chi connectivity index (χ0v) is 9.80. The van der Waals surface area contributed by atoms with Crippen LogP contribution in [0.1, 0.15) is 24.3 Å². The second kappa shape index (κ2) is 4.14. The molecule has 2 bridgehead atoms. The van der Waals surface area contributed by atoms with Crippen molar-refractivity contribution in [1.82, 2.24) is 15.6 Å². The van der Waals surface area contributed by atoms with E-state index in [-0.39, 0.29) is 11.8 Å². The Morgan fingerprint density at radius 3 is 3.19 bits per heavy atom. The van der Waals surface area contributed by atoms with Crippen molar-refractivity contribution in [1.29, 1.82) is 0 Å². The smallest absolute Gasteiger partial charge is 0.225 e. The molecule has 5 heteroatoms. The molecule has 1 aromatic rings. The number of amides is 1. The summed E-state index contributed by atoms with van der Waals surface area (Å²) in [5.41, 5.74) is 0. The van der Waals surface area contributed by atoms with E-state index in [4.69, 9.17) is 0 Å². The topological polar surface area (TPSA) is 54.0 Å². The highest BCUT2D eigenvalue weighted by atomic mass is 32.1. The van der Waals surface area contributed by atoms with E-state index in [1.165, 1.54) is 6.42 Å². The minimum Gasteiger partial charge on any atom is -0.349 e. The second-order valence-corrected chi connectivity index (χ2v) is 5.51. The lowest BCUT2D eigenvalue weighted by Crippen LogP contribution is -2.37. The van der Waals surface area contributed by atoms with Crippen LogP contribution in [0.4, 0.5) is 0 Å². The van der Waals surface area contributed by atoms with Gasteiger partial charge < -0.3 is 10.6 Å². The average Bonchev–Trinajstić information content (AvgIpc) is 3.01. The van der Waals surface area contributed by atoms with Crippen LogP contribution in [0, 0.1) is 5.92 Å². The molecule has 16 heavy (non-hydrogen) atoms. The number of fused-ring (bicyclic) bond motifs is 2. The van der Waals surface area contributed by atoms with Crippen molar-refractivity contribution in [3.63, 3.8) is 0 Å². The maximum absolute atomic E-state index is 12.0. The first-order chi connectivity index (χ1) is 7.83. The average molecular weight is 237 g/mol. The molecule has 4 nitrogen and oxygen atoms in total. The summed E-state index contributed by atoms with van der Waals surface area (Å²) in [7, 11) is 0. The molecule has 3 atom stereocenters. The molecular weight excluding hydrogens is 222 g/mol. The van der Waals surface area contributed by atoms with Crippen LogP contribution < -0.4 is 10.6 Å². The van der Waals surface area contributed by atoms with E-state index in [9.17, 15) is 4.79 Å². The molecule has 2 fully saturated rings. The molecule has 2 saturated heterocycles. The van der Waals surface area contributed by atoms with E-state index in [0.29, 0.717) is 18.6 Å². The molecule has 0 aromatic carbocycles. The number of carbonyl (C=O) groups excluding carboxylic acids is 1. The van der Waals surface area contributed by atoms with Crippen molar-refractivity contribution in [2.45, 2.75) is 37.9 Å². The quantitative estimate of drug-likeness (QED) is 0.821. The lowest BCUT2D eigenvalue weighted by molar-refractivity contribution is -0.125. The van der Waals surface area contributed by atoms with Crippen LogP contribution >= 0.6 is 11.3 Å². The van der Waals surface area contributed by atoms with Gasteiger partial charge in [0, 0.05) is 23.7 Å². The van der Waals surface area contributed by atoms with E-state index in [2.05, 4.69) is 15.6 Å². The van der Waals surface area contributed by atoms with Crippen LogP contribution in [0.5, 0.6) is 0 Å². The van der Waals surface area contributed by atoms with Crippen LogP contribution in [0.25, 0.3) is 0 Å². The minimum atomic E-state index is 0.179. The number of rotatable bonds is 3. The molecular formula is C11H15N3OS. The molecule has 0 aliphatic carbocycles. The second-order valence-electron chi connectivity index (χ2n) is 4.53. The van der Waals surface area contributed by atoms with E-state index >= 15 is 0 Å². The number of aromatic nitrogens is 1. The molecule has 0 spiro atoms. The molecule has 3 rings (SSSR count). The zero-order valence-electron chi connectivity index (χ0n) is 8.98. The highest BCUT2D eigenvalue weighted by molar-refractivity contribution is 7.09. The Morgan fingerprint density at radius 1 is 1.62 bits per heavy atom. The standard InChI is InChI=1S/C11H15N3OS/c15-11(13-6-10-12-3-4-16-10)8-5-7-1-2-9(8)14-7/h3-4,7-9,14H,1-2,5-6H2,(H,13,15). The summed E-state index contributed by atoms with van der Waals surface area (Å²) < 4.78 is 0. The molecule has 0 radical (unpaired) electrons. The Balaban J connectivity index is 1.54. The van der Waals surface area contributed by atoms with Gasteiger partial charge in [-0.3, -0.25) is 4.79 Å². The SMILES string of the molecule is O=C(NCc1nccs1)C1CC2CCC1N2. The minimum absolute atomic E-state index is 0.179. The van der Waals surface area contributed by atoms with Gasteiger partial charge in [0.2, 0.25) is 5.91 Å². The van der Waals surface area contributed by atoms with Gasteiger partial charge in [-0.15, -0.1) is 11.3 Å². The van der Waals surface area contributed by atoms with Gasteiger partial charge in [-0.05, 0) is 19.3 Å². The first kappa shape index (κ1) is 10.2. The number of carbonyl (C=O) groups is 1. The van der Waals surface area contributed by atoms with Crippen molar-refractivity contribution in [3.05, 3.63) is 16.6 Å². The maximum Gasteiger partial charge on any atom is 0.225 e. The van der Waals surface area contributed by atoms with Crippen molar-refractivity contribution < 1.29 is 4.79 Å². The van der Waals surface area contributed by atoms with Crippen LogP contribution in [-0.4, -0.2) is 23.0 Å². The van der Waals surface area contributed by atoms with Crippen molar-refractivity contribution >= 4 is 17.2 Å². The maximum atomic E-state index is 12.0. The van der Waals surface area contributed by atoms with Gasteiger partial charge in [-0.2, -0.15) is 0 Å². The molecule has 1 amide bonds. The first-order valence-electron chi connectivity index (χ1n) is 5.75. The van der Waals surface area contributed by atoms with Crippen LogP contribution in [-0.2, 0) is 11.3 Å². The van der Waals surface area contributed by atoms with Crippen molar-refractivity contribution in [2.75, 3.05) is 0 Å². The monoisotopic (exact) mass is 237 g/mol. The molecule has 0 saturated carbocycles. The lowest BCUT2D eigenvalue weighted by Gasteiger charge is -2.18. The Bertz CT molecular complexity index is 379. The normalized spacial score (nSPS) is 31.9. The van der Waals surface area contributed by atoms with Gasteiger partial charge >= 0.3 is 0 Å². The fourth-order valence-corrected chi connectivity index (χ4v) is 3.30. The van der Waals surface area contributed by atoms with Crippen molar-refractivity contribution in [3.8, 4) is 0 Å². The van der Waals surface area contributed by atoms with Gasteiger partial charge in [0.1, 0.15) is 5.01 Å². The summed E-state index contributed by atoms with van der Waals surface area (Å²) in [4.78, 5) is 16.1.